The monoisotopic (exact) mass is 246 g/mol. The molecule has 0 radical (unpaired) electrons. The van der Waals surface area contributed by atoms with Gasteiger partial charge in [-0.05, 0) is 26.1 Å². The SMILES string of the molecule is CNCc1cnn(-c2ccc([N+](=O)[O-])cc2)c1C. The van der Waals surface area contributed by atoms with Crippen molar-refractivity contribution in [1.82, 2.24) is 15.1 Å². The Bertz CT molecular complexity index is 560. The van der Waals surface area contributed by atoms with Gasteiger partial charge in [-0.1, -0.05) is 0 Å². The molecule has 0 saturated heterocycles. The Kier molecular flexibility index (Phi) is 3.38. The number of nitrogens with one attached hydrogen (secondary N) is 1. The number of hydrogen-bond acceptors (Lipinski definition) is 4. The maximum atomic E-state index is 10.6. The van der Waals surface area contributed by atoms with Gasteiger partial charge < -0.3 is 5.32 Å². The van der Waals surface area contributed by atoms with Crippen molar-refractivity contribution in [3.05, 3.63) is 51.8 Å². The lowest BCUT2D eigenvalue weighted by molar-refractivity contribution is -0.384. The largest absolute Gasteiger partial charge is 0.316 e. The van der Waals surface area contributed by atoms with Crippen molar-refractivity contribution in [2.75, 3.05) is 7.05 Å². The van der Waals surface area contributed by atoms with Crippen LogP contribution >= 0.6 is 0 Å². The summed E-state index contributed by atoms with van der Waals surface area (Å²) in [5.41, 5.74) is 3.04. The predicted octanol–water partition coefficient (Wildman–Crippen LogP) is 1.81. The standard InChI is InChI=1S/C12H14N4O2/c1-9-10(7-13-2)8-14-15(9)11-3-5-12(6-4-11)16(17)18/h3-6,8,13H,7H2,1-2H3. The molecule has 18 heavy (non-hydrogen) atoms. The summed E-state index contributed by atoms with van der Waals surface area (Å²) in [6, 6.07) is 6.35. The van der Waals surface area contributed by atoms with E-state index in [2.05, 4.69) is 10.4 Å². The Morgan fingerprint density at radius 3 is 2.61 bits per heavy atom. The zero-order valence-corrected chi connectivity index (χ0v) is 10.3. The van der Waals surface area contributed by atoms with Crippen LogP contribution in [-0.4, -0.2) is 21.8 Å². The van der Waals surface area contributed by atoms with Gasteiger partial charge in [0.2, 0.25) is 0 Å². The van der Waals surface area contributed by atoms with Crippen LogP contribution in [0.3, 0.4) is 0 Å². The first kappa shape index (κ1) is 12.3. The molecule has 94 valence electrons. The highest BCUT2D eigenvalue weighted by molar-refractivity contribution is 5.41. The normalized spacial score (nSPS) is 10.6. The maximum absolute atomic E-state index is 10.6. The van der Waals surface area contributed by atoms with Crippen molar-refractivity contribution in [2.24, 2.45) is 0 Å². The van der Waals surface area contributed by atoms with Crippen molar-refractivity contribution >= 4 is 5.69 Å². The highest BCUT2D eigenvalue weighted by atomic mass is 16.6. The van der Waals surface area contributed by atoms with E-state index in [0.717, 1.165) is 23.5 Å². The quantitative estimate of drug-likeness (QED) is 0.659. The first-order valence-electron chi connectivity index (χ1n) is 5.56. The number of nitro benzene ring substituents is 1. The highest BCUT2D eigenvalue weighted by Gasteiger charge is 2.09. The molecule has 1 N–H and O–H groups in total. The third-order valence-corrected chi connectivity index (χ3v) is 2.78. The van der Waals surface area contributed by atoms with Gasteiger partial charge in [0, 0.05) is 29.9 Å². The molecule has 6 heteroatoms. The lowest BCUT2D eigenvalue weighted by Crippen LogP contribution is -2.06. The second kappa shape index (κ2) is 4.97. The van der Waals surface area contributed by atoms with Crippen LogP contribution in [0.5, 0.6) is 0 Å². The molecule has 0 aliphatic heterocycles. The molecule has 1 heterocycles. The van der Waals surface area contributed by atoms with E-state index in [4.69, 9.17) is 0 Å². The molecule has 2 rings (SSSR count). The van der Waals surface area contributed by atoms with Crippen molar-refractivity contribution < 1.29 is 4.92 Å². The maximum Gasteiger partial charge on any atom is 0.269 e. The first-order valence-corrected chi connectivity index (χ1v) is 5.56. The molecule has 0 spiro atoms. The van der Waals surface area contributed by atoms with Gasteiger partial charge in [0.1, 0.15) is 0 Å². The fraction of sp³-hybridized carbons (Fsp3) is 0.250. The Morgan fingerprint density at radius 1 is 1.39 bits per heavy atom. The molecule has 0 amide bonds. The fourth-order valence-electron chi connectivity index (χ4n) is 1.78. The average Bonchev–Trinajstić information content (AvgIpc) is 2.72. The van der Waals surface area contributed by atoms with Crippen LogP contribution in [0, 0.1) is 17.0 Å². The molecule has 0 saturated carbocycles. The fourth-order valence-corrected chi connectivity index (χ4v) is 1.78. The Labute approximate surface area is 104 Å². The molecule has 0 fully saturated rings. The Morgan fingerprint density at radius 2 is 2.06 bits per heavy atom. The van der Waals surface area contributed by atoms with E-state index in [1.54, 1.807) is 23.0 Å². The van der Waals surface area contributed by atoms with Gasteiger partial charge in [-0.3, -0.25) is 10.1 Å². The molecular weight excluding hydrogens is 232 g/mol. The molecule has 0 unspecified atom stereocenters. The zero-order valence-electron chi connectivity index (χ0n) is 10.3. The topological polar surface area (TPSA) is 73.0 Å². The number of benzene rings is 1. The van der Waals surface area contributed by atoms with Crippen LogP contribution in [-0.2, 0) is 6.54 Å². The van der Waals surface area contributed by atoms with Crippen LogP contribution in [0.4, 0.5) is 5.69 Å². The number of non-ortho nitro benzene ring substituents is 1. The second-order valence-electron chi connectivity index (χ2n) is 3.97. The van der Waals surface area contributed by atoms with Crippen LogP contribution in [0.1, 0.15) is 11.3 Å². The summed E-state index contributed by atoms with van der Waals surface area (Å²) in [5.74, 6) is 0. The zero-order chi connectivity index (χ0) is 13.1. The number of hydrogen-bond donors (Lipinski definition) is 1. The molecular formula is C12H14N4O2. The van der Waals surface area contributed by atoms with Gasteiger partial charge in [0.25, 0.3) is 5.69 Å². The van der Waals surface area contributed by atoms with Crippen LogP contribution in [0.2, 0.25) is 0 Å². The predicted molar refractivity (Wildman–Crippen MR) is 67.7 cm³/mol. The molecule has 6 nitrogen and oxygen atoms in total. The van der Waals surface area contributed by atoms with Gasteiger partial charge in [-0.15, -0.1) is 0 Å². The minimum absolute atomic E-state index is 0.0824. The summed E-state index contributed by atoms with van der Waals surface area (Å²) >= 11 is 0. The smallest absolute Gasteiger partial charge is 0.269 e. The van der Waals surface area contributed by atoms with Crippen molar-refractivity contribution in [3.8, 4) is 5.69 Å². The minimum atomic E-state index is -0.411. The van der Waals surface area contributed by atoms with E-state index in [1.165, 1.54) is 12.1 Å². The van der Waals surface area contributed by atoms with E-state index in [0.29, 0.717) is 0 Å². The van der Waals surface area contributed by atoms with Crippen LogP contribution in [0.15, 0.2) is 30.5 Å². The lowest BCUT2D eigenvalue weighted by atomic mass is 10.2. The molecule has 0 bridgehead atoms. The number of nitrogens with zero attached hydrogens (tertiary/aromatic N) is 3. The highest BCUT2D eigenvalue weighted by Crippen LogP contribution is 2.17. The Hall–Kier alpha value is -2.21. The van der Waals surface area contributed by atoms with Crippen molar-refractivity contribution in [3.63, 3.8) is 0 Å². The van der Waals surface area contributed by atoms with Crippen molar-refractivity contribution in [1.29, 1.82) is 0 Å². The summed E-state index contributed by atoms with van der Waals surface area (Å²) in [6.45, 7) is 2.72. The summed E-state index contributed by atoms with van der Waals surface area (Å²) in [4.78, 5) is 10.2. The third-order valence-electron chi connectivity index (χ3n) is 2.78. The van der Waals surface area contributed by atoms with E-state index in [1.807, 2.05) is 14.0 Å². The summed E-state index contributed by atoms with van der Waals surface area (Å²) < 4.78 is 1.77. The minimum Gasteiger partial charge on any atom is -0.316 e. The van der Waals surface area contributed by atoms with Gasteiger partial charge in [0.15, 0.2) is 0 Å². The molecule has 0 aliphatic carbocycles. The first-order chi connectivity index (χ1) is 8.63. The van der Waals surface area contributed by atoms with E-state index >= 15 is 0 Å². The number of nitro groups is 1. The van der Waals surface area contributed by atoms with Crippen LogP contribution in [0.25, 0.3) is 5.69 Å². The molecule has 0 atom stereocenters. The van der Waals surface area contributed by atoms with E-state index in [-0.39, 0.29) is 5.69 Å². The molecule has 1 aromatic carbocycles. The van der Waals surface area contributed by atoms with Gasteiger partial charge in [-0.2, -0.15) is 5.10 Å². The van der Waals surface area contributed by atoms with Gasteiger partial charge in [-0.25, -0.2) is 4.68 Å². The summed E-state index contributed by atoms with van der Waals surface area (Å²) in [7, 11) is 1.88. The summed E-state index contributed by atoms with van der Waals surface area (Å²) in [6.07, 6.45) is 1.80. The number of rotatable bonds is 4. The molecule has 1 aromatic heterocycles. The molecule has 2 aromatic rings. The lowest BCUT2D eigenvalue weighted by Gasteiger charge is -2.05. The van der Waals surface area contributed by atoms with Gasteiger partial charge >= 0.3 is 0 Å². The Balaban J connectivity index is 2.34. The van der Waals surface area contributed by atoms with Crippen molar-refractivity contribution in [2.45, 2.75) is 13.5 Å². The van der Waals surface area contributed by atoms with E-state index < -0.39 is 4.92 Å². The third kappa shape index (κ3) is 2.23. The van der Waals surface area contributed by atoms with Crippen LogP contribution < -0.4 is 5.32 Å². The molecule has 0 aliphatic rings. The van der Waals surface area contributed by atoms with E-state index in [9.17, 15) is 10.1 Å². The second-order valence-corrected chi connectivity index (χ2v) is 3.97. The average molecular weight is 246 g/mol. The van der Waals surface area contributed by atoms with Gasteiger partial charge in [0.05, 0.1) is 16.8 Å². The summed E-state index contributed by atoms with van der Waals surface area (Å²) in [5, 5.41) is 17.9. The number of aromatic nitrogens is 2.